The Hall–Kier alpha value is -1.52. The number of ether oxygens (including phenoxy) is 1. The Kier molecular flexibility index (Phi) is 5.00. The molecule has 5 heteroatoms. The fourth-order valence-electron chi connectivity index (χ4n) is 1.99. The maximum absolute atomic E-state index is 11.7. The summed E-state index contributed by atoms with van der Waals surface area (Å²) >= 11 is 0. The molecular formula is C12H20N2O3. The monoisotopic (exact) mass is 240 g/mol. The summed E-state index contributed by atoms with van der Waals surface area (Å²) in [6.45, 7) is 5.79. The minimum Gasteiger partial charge on any atom is -0.461 e. The molecule has 17 heavy (non-hydrogen) atoms. The molecule has 0 aromatic rings. The molecule has 2 amide bonds. The van der Waals surface area contributed by atoms with Crippen molar-refractivity contribution in [3.8, 4) is 0 Å². The van der Waals surface area contributed by atoms with Gasteiger partial charge in [0.1, 0.15) is 6.61 Å². The average molecular weight is 240 g/mol. The van der Waals surface area contributed by atoms with Crippen LogP contribution in [0, 0.1) is 5.92 Å². The van der Waals surface area contributed by atoms with Crippen molar-refractivity contribution in [2.24, 2.45) is 11.7 Å². The lowest BCUT2D eigenvalue weighted by atomic mass is 9.86. The van der Waals surface area contributed by atoms with E-state index in [1.807, 2.05) is 6.92 Å². The number of rotatable bonds is 4. The van der Waals surface area contributed by atoms with Crippen molar-refractivity contribution in [3.63, 3.8) is 0 Å². The van der Waals surface area contributed by atoms with Gasteiger partial charge in [0.05, 0.1) is 5.92 Å². The topological polar surface area (TPSA) is 81.4 Å². The number of urea groups is 1. The van der Waals surface area contributed by atoms with Crippen LogP contribution in [0.4, 0.5) is 4.79 Å². The van der Waals surface area contributed by atoms with Crippen molar-refractivity contribution in [1.29, 1.82) is 0 Å². The normalized spacial score (nSPS) is 23.8. The maximum Gasteiger partial charge on any atom is 0.312 e. The first-order valence-corrected chi connectivity index (χ1v) is 5.86. The van der Waals surface area contributed by atoms with E-state index < -0.39 is 6.03 Å². The van der Waals surface area contributed by atoms with E-state index in [2.05, 4.69) is 11.9 Å². The molecule has 0 radical (unpaired) electrons. The second-order valence-corrected chi connectivity index (χ2v) is 4.62. The predicted molar refractivity (Wildman–Crippen MR) is 64.2 cm³/mol. The minimum atomic E-state index is -0.502. The molecule has 0 aromatic carbocycles. The summed E-state index contributed by atoms with van der Waals surface area (Å²) in [5.74, 6) is -0.217. The largest absolute Gasteiger partial charge is 0.461 e. The molecule has 3 N–H and O–H groups in total. The molecule has 0 heterocycles. The quantitative estimate of drug-likeness (QED) is 0.574. The van der Waals surface area contributed by atoms with Crippen LogP contribution in [0.3, 0.4) is 0 Å². The van der Waals surface area contributed by atoms with Gasteiger partial charge in [-0.05, 0) is 38.2 Å². The average Bonchev–Trinajstić information content (AvgIpc) is 2.26. The Labute approximate surface area is 101 Å². The molecule has 5 nitrogen and oxygen atoms in total. The molecule has 1 aliphatic carbocycles. The molecule has 0 aliphatic heterocycles. The lowest BCUT2D eigenvalue weighted by molar-refractivity contribution is -0.148. The van der Waals surface area contributed by atoms with E-state index in [1.165, 1.54) is 0 Å². The van der Waals surface area contributed by atoms with E-state index in [-0.39, 0.29) is 24.5 Å². The third kappa shape index (κ3) is 4.89. The van der Waals surface area contributed by atoms with Crippen LogP contribution in [0.15, 0.2) is 12.2 Å². The fraction of sp³-hybridized carbons (Fsp3) is 0.667. The Morgan fingerprint density at radius 1 is 1.35 bits per heavy atom. The van der Waals surface area contributed by atoms with Crippen LogP contribution in [0.25, 0.3) is 0 Å². The highest BCUT2D eigenvalue weighted by Crippen LogP contribution is 2.25. The van der Waals surface area contributed by atoms with Gasteiger partial charge in [0, 0.05) is 6.04 Å². The number of primary amides is 1. The summed E-state index contributed by atoms with van der Waals surface area (Å²) < 4.78 is 5.11. The van der Waals surface area contributed by atoms with E-state index in [9.17, 15) is 9.59 Å². The van der Waals surface area contributed by atoms with Crippen LogP contribution in [-0.2, 0) is 9.53 Å². The molecule has 0 bridgehead atoms. The summed E-state index contributed by atoms with van der Waals surface area (Å²) in [6, 6.07) is -0.406. The van der Waals surface area contributed by atoms with Gasteiger partial charge in [-0.2, -0.15) is 0 Å². The summed E-state index contributed by atoms with van der Waals surface area (Å²) in [5, 5.41) is 2.66. The molecular weight excluding hydrogens is 220 g/mol. The Morgan fingerprint density at radius 3 is 2.41 bits per heavy atom. The molecule has 0 unspecified atom stereocenters. The Balaban J connectivity index is 2.28. The highest BCUT2D eigenvalue weighted by atomic mass is 16.5. The van der Waals surface area contributed by atoms with Crippen molar-refractivity contribution >= 4 is 12.0 Å². The summed E-state index contributed by atoms with van der Waals surface area (Å²) in [7, 11) is 0. The van der Waals surface area contributed by atoms with Crippen LogP contribution < -0.4 is 11.1 Å². The molecule has 1 rings (SSSR count). The van der Waals surface area contributed by atoms with E-state index in [0.29, 0.717) is 0 Å². The molecule has 0 atom stereocenters. The van der Waals surface area contributed by atoms with Gasteiger partial charge < -0.3 is 15.8 Å². The van der Waals surface area contributed by atoms with Gasteiger partial charge in [0.25, 0.3) is 0 Å². The third-order valence-corrected chi connectivity index (χ3v) is 2.87. The molecule has 0 spiro atoms. The number of amides is 2. The number of hydrogen-bond acceptors (Lipinski definition) is 3. The number of hydrogen-bond donors (Lipinski definition) is 2. The van der Waals surface area contributed by atoms with Crippen molar-refractivity contribution in [2.45, 2.75) is 38.6 Å². The van der Waals surface area contributed by atoms with Crippen molar-refractivity contribution in [3.05, 3.63) is 12.2 Å². The van der Waals surface area contributed by atoms with Crippen molar-refractivity contribution < 1.29 is 14.3 Å². The predicted octanol–water partition coefficient (Wildman–Crippen LogP) is 1.33. The minimum absolute atomic E-state index is 0.0553. The zero-order valence-electron chi connectivity index (χ0n) is 10.2. The number of carbonyl (C=O) groups is 2. The fourth-order valence-corrected chi connectivity index (χ4v) is 1.99. The van der Waals surface area contributed by atoms with Gasteiger partial charge in [-0.25, -0.2) is 4.79 Å². The second kappa shape index (κ2) is 6.27. The SMILES string of the molecule is C=C(C)COC(=O)C1CCC(NC(N)=O)CC1. The molecule has 0 aromatic heterocycles. The van der Waals surface area contributed by atoms with Crippen LogP contribution in [0.5, 0.6) is 0 Å². The third-order valence-electron chi connectivity index (χ3n) is 2.87. The van der Waals surface area contributed by atoms with Crippen molar-refractivity contribution in [2.75, 3.05) is 6.61 Å². The van der Waals surface area contributed by atoms with Gasteiger partial charge >= 0.3 is 12.0 Å². The summed E-state index contributed by atoms with van der Waals surface area (Å²) in [6.07, 6.45) is 3.02. The van der Waals surface area contributed by atoms with Crippen LogP contribution in [0.1, 0.15) is 32.6 Å². The Bertz CT molecular complexity index is 307. The molecule has 1 fully saturated rings. The van der Waals surface area contributed by atoms with Crippen LogP contribution in [0.2, 0.25) is 0 Å². The summed E-state index contributed by atoms with van der Waals surface area (Å²) in [4.78, 5) is 22.3. The van der Waals surface area contributed by atoms with E-state index >= 15 is 0 Å². The van der Waals surface area contributed by atoms with E-state index in [0.717, 1.165) is 31.3 Å². The molecule has 96 valence electrons. The zero-order valence-corrected chi connectivity index (χ0v) is 10.2. The van der Waals surface area contributed by atoms with Gasteiger partial charge in [-0.15, -0.1) is 0 Å². The van der Waals surface area contributed by atoms with Gasteiger partial charge in [-0.3, -0.25) is 4.79 Å². The summed E-state index contributed by atoms with van der Waals surface area (Å²) in [5.41, 5.74) is 5.88. The van der Waals surface area contributed by atoms with Crippen LogP contribution in [-0.4, -0.2) is 24.6 Å². The molecule has 1 aliphatic rings. The molecule has 0 saturated heterocycles. The first-order valence-electron chi connectivity index (χ1n) is 5.86. The number of carbonyl (C=O) groups excluding carboxylic acids is 2. The number of nitrogens with two attached hydrogens (primary N) is 1. The number of nitrogens with one attached hydrogen (secondary N) is 1. The maximum atomic E-state index is 11.7. The van der Waals surface area contributed by atoms with E-state index in [4.69, 9.17) is 10.5 Å². The van der Waals surface area contributed by atoms with Gasteiger partial charge in [0.2, 0.25) is 0 Å². The zero-order chi connectivity index (χ0) is 12.8. The van der Waals surface area contributed by atoms with Crippen LogP contribution >= 0.6 is 0 Å². The molecule has 1 saturated carbocycles. The smallest absolute Gasteiger partial charge is 0.312 e. The Morgan fingerprint density at radius 2 is 1.94 bits per heavy atom. The van der Waals surface area contributed by atoms with Gasteiger partial charge in [0.15, 0.2) is 0 Å². The standard InChI is InChI=1S/C12H20N2O3/c1-8(2)7-17-11(15)9-3-5-10(6-4-9)14-12(13)16/h9-10H,1,3-7H2,2H3,(H3,13,14,16). The highest BCUT2D eigenvalue weighted by Gasteiger charge is 2.27. The van der Waals surface area contributed by atoms with Crippen molar-refractivity contribution in [1.82, 2.24) is 5.32 Å². The first kappa shape index (κ1) is 13.5. The van der Waals surface area contributed by atoms with E-state index in [1.54, 1.807) is 0 Å². The first-order chi connectivity index (χ1) is 7.99. The highest BCUT2D eigenvalue weighted by molar-refractivity contribution is 5.73. The second-order valence-electron chi connectivity index (χ2n) is 4.62. The number of esters is 1. The lowest BCUT2D eigenvalue weighted by Gasteiger charge is -2.27. The lowest BCUT2D eigenvalue weighted by Crippen LogP contribution is -2.41. The van der Waals surface area contributed by atoms with Gasteiger partial charge in [-0.1, -0.05) is 6.58 Å².